The van der Waals surface area contributed by atoms with E-state index < -0.39 is 0 Å². The van der Waals surface area contributed by atoms with Gasteiger partial charge in [0.05, 0.1) is 13.3 Å². The van der Waals surface area contributed by atoms with Crippen molar-refractivity contribution in [1.82, 2.24) is 9.78 Å². The molecule has 1 amide bonds. The molecule has 2 heterocycles. The van der Waals surface area contributed by atoms with Gasteiger partial charge in [0.1, 0.15) is 29.0 Å². The first kappa shape index (κ1) is 21.7. The second-order valence-electron chi connectivity index (χ2n) is 7.72. The number of hydrogen-bond donors (Lipinski definition) is 2. The van der Waals surface area contributed by atoms with E-state index >= 15 is 0 Å². The molecule has 170 valence electrons. The molecule has 0 saturated carbocycles. The average molecular weight is 475 g/mol. The summed E-state index contributed by atoms with van der Waals surface area (Å²) in [6.45, 7) is 0. The minimum absolute atomic E-state index is 0.342. The highest BCUT2D eigenvalue weighted by molar-refractivity contribution is 6.31. The number of allylic oxidation sites excluding steroid dienone is 1. The van der Waals surface area contributed by atoms with Gasteiger partial charge in [-0.25, -0.2) is 9.07 Å². The average Bonchev–Trinajstić information content (AvgIpc) is 3.29. The molecule has 6 nitrogen and oxygen atoms in total. The fourth-order valence-corrected chi connectivity index (χ4v) is 4.14. The van der Waals surface area contributed by atoms with E-state index in [2.05, 4.69) is 15.7 Å². The summed E-state index contributed by atoms with van der Waals surface area (Å²) in [6.07, 6.45) is 3.52. The number of hydrogen-bond acceptors (Lipinski definition) is 4. The number of aromatic nitrogens is 2. The van der Waals surface area contributed by atoms with Crippen molar-refractivity contribution in [2.75, 3.05) is 17.7 Å². The van der Waals surface area contributed by atoms with Crippen LogP contribution in [0.5, 0.6) is 5.75 Å². The van der Waals surface area contributed by atoms with Crippen LogP contribution in [0, 0.1) is 5.82 Å². The smallest absolute Gasteiger partial charge is 0.261 e. The normalized spacial score (nSPS) is 14.6. The van der Waals surface area contributed by atoms with Gasteiger partial charge >= 0.3 is 0 Å². The van der Waals surface area contributed by atoms with Crippen LogP contribution in [-0.2, 0) is 0 Å². The Labute approximate surface area is 200 Å². The number of rotatable bonds is 5. The third-order valence-electron chi connectivity index (χ3n) is 5.59. The van der Waals surface area contributed by atoms with E-state index in [9.17, 15) is 9.18 Å². The number of carbonyl (C=O) groups is 1. The molecular formula is C26H20ClFN4O2. The Morgan fingerprint density at radius 2 is 1.91 bits per heavy atom. The van der Waals surface area contributed by atoms with Crippen molar-refractivity contribution in [3.05, 3.63) is 113 Å². The first-order chi connectivity index (χ1) is 16.5. The van der Waals surface area contributed by atoms with Crippen LogP contribution in [0.3, 0.4) is 0 Å². The third-order valence-corrected chi connectivity index (χ3v) is 5.93. The SMILES string of the molecule is COc1cccc(C2=CC(c3ccccc3Cl)n3ncc(C(=O)Nc4ccc(F)cc4)c3N2)c1. The van der Waals surface area contributed by atoms with E-state index in [1.54, 1.807) is 11.8 Å². The molecule has 1 unspecified atom stereocenters. The summed E-state index contributed by atoms with van der Waals surface area (Å²) in [5, 5.41) is 11.2. The summed E-state index contributed by atoms with van der Waals surface area (Å²) in [4.78, 5) is 13.1. The summed E-state index contributed by atoms with van der Waals surface area (Å²) < 4.78 is 20.4. The Hall–Kier alpha value is -4.10. The number of ether oxygens (including phenoxy) is 1. The van der Waals surface area contributed by atoms with Gasteiger partial charge in [0.25, 0.3) is 5.91 Å². The molecule has 1 atom stereocenters. The second-order valence-corrected chi connectivity index (χ2v) is 8.12. The van der Waals surface area contributed by atoms with Crippen LogP contribution >= 0.6 is 11.6 Å². The van der Waals surface area contributed by atoms with Gasteiger partial charge in [0, 0.05) is 22.0 Å². The molecule has 0 radical (unpaired) electrons. The lowest BCUT2D eigenvalue weighted by atomic mass is 10.0. The molecule has 34 heavy (non-hydrogen) atoms. The zero-order valence-corrected chi connectivity index (χ0v) is 18.9. The fraction of sp³-hybridized carbons (Fsp3) is 0.0769. The van der Waals surface area contributed by atoms with Crippen molar-refractivity contribution in [1.29, 1.82) is 0 Å². The minimum atomic E-state index is -0.377. The molecule has 5 rings (SSSR count). The molecule has 0 bridgehead atoms. The van der Waals surface area contributed by atoms with Gasteiger partial charge < -0.3 is 15.4 Å². The van der Waals surface area contributed by atoms with Crippen molar-refractivity contribution in [2.45, 2.75) is 6.04 Å². The van der Waals surface area contributed by atoms with Gasteiger partial charge in [-0.1, -0.05) is 41.9 Å². The highest BCUT2D eigenvalue weighted by Crippen LogP contribution is 2.38. The molecule has 1 aromatic heterocycles. The number of carbonyl (C=O) groups excluding carboxylic acids is 1. The summed E-state index contributed by atoms with van der Waals surface area (Å²) in [7, 11) is 1.61. The van der Waals surface area contributed by atoms with E-state index in [-0.39, 0.29) is 17.8 Å². The Bertz CT molecular complexity index is 1400. The number of benzene rings is 3. The molecule has 0 spiro atoms. The molecule has 3 aromatic carbocycles. The number of halogens is 2. The maximum absolute atomic E-state index is 13.3. The van der Waals surface area contributed by atoms with Gasteiger partial charge in [0.2, 0.25) is 0 Å². The van der Waals surface area contributed by atoms with E-state index in [0.717, 1.165) is 16.8 Å². The molecule has 8 heteroatoms. The number of anilines is 2. The second kappa shape index (κ2) is 9.03. The molecule has 1 aliphatic heterocycles. The summed E-state index contributed by atoms with van der Waals surface area (Å²) in [5.41, 5.74) is 3.34. The zero-order valence-electron chi connectivity index (χ0n) is 18.1. The number of amides is 1. The van der Waals surface area contributed by atoms with Crippen LogP contribution in [0.15, 0.2) is 85.1 Å². The van der Waals surface area contributed by atoms with Gasteiger partial charge in [-0.3, -0.25) is 4.79 Å². The van der Waals surface area contributed by atoms with Crippen LogP contribution < -0.4 is 15.4 Å². The van der Waals surface area contributed by atoms with E-state index in [1.165, 1.54) is 30.5 Å². The number of nitrogens with zero attached hydrogens (tertiary/aromatic N) is 2. The molecule has 0 saturated heterocycles. The molecule has 1 aliphatic rings. The van der Waals surface area contributed by atoms with Crippen molar-refractivity contribution in [2.24, 2.45) is 0 Å². The first-order valence-electron chi connectivity index (χ1n) is 10.6. The standard InChI is InChI=1S/C26H20ClFN4O2/c1-34-19-6-4-5-16(13-19)23-14-24(20-7-2-3-8-22(20)27)32-25(31-23)21(15-29-32)26(33)30-18-11-9-17(28)10-12-18/h2-15,24,31H,1H3,(H,30,33). The third kappa shape index (κ3) is 4.13. The number of nitrogens with one attached hydrogen (secondary N) is 2. The van der Waals surface area contributed by atoms with E-state index in [0.29, 0.717) is 27.8 Å². The monoisotopic (exact) mass is 474 g/mol. The maximum Gasteiger partial charge on any atom is 0.261 e. The number of fused-ring (bicyclic) bond motifs is 1. The Kier molecular flexibility index (Phi) is 5.77. The maximum atomic E-state index is 13.3. The predicted molar refractivity (Wildman–Crippen MR) is 131 cm³/mol. The van der Waals surface area contributed by atoms with Crippen LogP contribution in [-0.4, -0.2) is 22.8 Å². The van der Waals surface area contributed by atoms with Crippen molar-refractivity contribution >= 4 is 34.7 Å². The topological polar surface area (TPSA) is 68.2 Å². The van der Waals surface area contributed by atoms with E-state index in [4.69, 9.17) is 16.3 Å². The van der Waals surface area contributed by atoms with Crippen LogP contribution in [0.2, 0.25) is 5.02 Å². The van der Waals surface area contributed by atoms with Crippen molar-refractivity contribution in [3.8, 4) is 5.75 Å². The summed E-state index contributed by atoms with van der Waals surface area (Å²) >= 11 is 6.53. The highest BCUT2D eigenvalue weighted by Gasteiger charge is 2.29. The van der Waals surface area contributed by atoms with Gasteiger partial charge in [-0.15, -0.1) is 0 Å². The van der Waals surface area contributed by atoms with Crippen LogP contribution in [0.1, 0.15) is 27.5 Å². The van der Waals surface area contributed by atoms with Crippen LogP contribution in [0.25, 0.3) is 5.70 Å². The van der Waals surface area contributed by atoms with Gasteiger partial charge in [-0.05, 0) is 54.1 Å². The zero-order chi connectivity index (χ0) is 23.7. The van der Waals surface area contributed by atoms with E-state index in [1.807, 2.05) is 54.6 Å². The van der Waals surface area contributed by atoms with Gasteiger partial charge in [-0.2, -0.15) is 5.10 Å². The lowest BCUT2D eigenvalue weighted by Gasteiger charge is -2.27. The quantitative estimate of drug-likeness (QED) is 0.372. The minimum Gasteiger partial charge on any atom is -0.497 e. The summed E-state index contributed by atoms with van der Waals surface area (Å²) in [5.74, 6) is 0.482. The molecule has 0 aliphatic carbocycles. The Morgan fingerprint density at radius 1 is 1.12 bits per heavy atom. The fourth-order valence-electron chi connectivity index (χ4n) is 3.89. The summed E-state index contributed by atoms with van der Waals surface area (Å²) in [6, 6.07) is 20.4. The number of methoxy groups -OCH3 is 1. The van der Waals surface area contributed by atoms with Crippen molar-refractivity contribution in [3.63, 3.8) is 0 Å². The van der Waals surface area contributed by atoms with Crippen molar-refractivity contribution < 1.29 is 13.9 Å². The molecule has 2 N–H and O–H groups in total. The Balaban J connectivity index is 1.57. The highest BCUT2D eigenvalue weighted by atomic mass is 35.5. The lowest BCUT2D eigenvalue weighted by molar-refractivity contribution is 0.102. The van der Waals surface area contributed by atoms with Crippen LogP contribution in [0.4, 0.5) is 15.9 Å². The Morgan fingerprint density at radius 3 is 2.68 bits per heavy atom. The largest absolute Gasteiger partial charge is 0.497 e. The first-order valence-corrected chi connectivity index (χ1v) is 10.9. The molecular weight excluding hydrogens is 455 g/mol. The lowest BCUT2D eigenvalue weighted by Crippen LogP contribution is -2.22. The predicted octanol–water partition coefficient (Wildman–Crippen LogP) is 5.99. The molecule has 4 aromatic rings. The van der Waals surface area contributed by atoms with Gasteiger partial charge in [0.15, 0.2) is 0 Å². The molecule has 0 fully saturated rings.